The number of ether oxygens (including phenoxy) is 2. The van der Waals surface area contributed by atoms with Crippen LogP contribution in [-0.4, -0.2) is 12.6 Å². The van der Waals surface area contributed by atoms with Gasteiger partial charge in [-0.1, -0.05) is 19.4 Å². The number of carbonyl (C=O) groups is 1. The molecule has 0 aliphatic heterocycles. The molecule has 0 amide bonds. The van der Waals surface area contributed by atoms with Crippen LogP contribution >= 0.6 is 0 Å². The molecule has 0 heterocycles. The number of carbonyl (C=O) groups excluding carboxylic acids is 1. The molecule has 0 saturated carbocycles. The SMILES string of the molecule is CCCc1ccc(C(=O)Oc2ccc3c(c2F)C(F)(F)C(F)(F)c2c-3ccc(OCC)c2F)c(F)c1F. The summed E-state index contributed by atoms with van der Waals surface area (Å²) >= 11 is 0. The fourth-order valence-electron chi connectivity index (χ4n) is 4.20. The van der Waals surface area contributed by atoms with E-state index in [1.54, 1.807) is 6.92 Å². The standard InChI is InChI=1S/C26H18F8O3/c1-3-5-12-6-7-15(21(28)20(12)27)24(35)37-17-11-9-14-13-8-10-16(36-4-2)22(29)18(13)25(31,32)26(33,34)19(14)23(17)30/h6-11H,3-5H2,1-2H3. The van der Waals surface area contributed by atoms with Crippen LogP contribution in [0.1, 0.15) is 47.3 Å². The van der Waals surface area contributed by atoms with Gasteiger partial charge < -0.3 is 9.47 Å². The van der Waals surface area contributed by atoms with Crippen LogP contribution in [0.2, 0.25) is 0 Å². The third-order valence-corrected chi connectivity index (χ3v) is 5.93. The second-order valence-electron chi connectivity index (χ2n) is 8.22. The van der Waals surface area contributed by atoms with Gasteiger partial charge in [0, 0.05) is 0 Å². The van der Waals surface area contributed by atoms with Crippen LogP contribution in [0, 0.1) is 23.3 Å². The Kier molecular flexibility index (Phi) is 6.68. The Labute approximate surface area is 205 Å². The summed E-state index contributed by atoms with van der Waals surface area (Å²) in [6, 6.07) is 5.21. The average Bonchev–Trinajstić information content (AvgIpc) is 2.83. The van der Waals surface area contributed by atoms with E-state index in [4.69, 9.17) is 4.74 Å². The van der Waals surface area contributed by atoms with Crippen molar-refractivity contribution in [3.05, 3.63) is 81.9 Å². The number of aryl methyl sites for hydroxylation is 1. The van der Waals surface area contributed by atoms with Crippen LogP contribution in [-0.2, 0) is 18.3 Å². The van der Waals surface area contributed by atoms with Crippen molar-refractivity contribution in [3.63, 3.8) is 0 Å². The van der Waals surface area contributed by atoms with Crippen molar-refractivity contribution < 1.29 is 49.4 Å². The van der Waals surface area contributed by atoms with Gasteiger partial charge >= 0.3 is 17.8 Å². The van der Waals surface area contributed by atoms with E-state index in [0.717, 1.165) is 30.3 Å². The largest absolute Gasteiger partial charge is 0.491 e. The van der Waals surface area contributed by atoms with E-state index in [1.165, 1.54) is 6.92 Å². The lowest BCUT2D eigenvalue weighted by Crippen LogP contribution is -2.41. The highest BCUT2D eigenvalue weighted by Crippen LogP contribution is 2.60. The van der Waals surface area contributed by atoms with E-state index in [9.17, 15) is 26.7 Å². The van der Waals surface area contributed by atoms with E-state index in [-0.39, 0.29) is 18.6 Å². The molecular formula is C26H18F8O3. The zero-order valence-electron chi connectivity index (χ0n) is 19.3. The maximum Gasteiger partial charge on any atom is 0.346 e. The van der Waals surface area contributed by atoms with Crippen LogP contribution in [0.5, 0.6) is 11.5 Å². The molecule has 1 aliphatic carbocycles. The Hall–Kier alpha value is -3.63. The second-order valence-corrected chi connectivity index (χ2v) is 8.22. The van der Waals surface area contributed by atoms with Crippen molar-refractivity contribution in [2.75, 3.05) is 6.61 Å². The van der Waals surface area contributed by atoms with Gasteiger partial charge in [0.1, 0.15) is 0 Å². The molecule has 0 radical (unpaired) electrons. The summed E-state index contributed by atoms with van der Waals surface area (Å²) in [7, 11) is 0. The Balaban J connectivity index is 1.81. The lowest BCUT2D eigenvalue weighted by molar-refractivity contribution is -0.228. The third kappa shape index (κ3) is 4.00. The van der Waals surface area contributed by atoms with E-state index in [2.05, 4.69) is 4.74 Å². The molecular weight excluding hydrogens is 512 g/mol. The van der Waals surface area contributed by atoms with Gasteiger partial charge in [0.2, 0.25) is 0 Å². The number of hydrogen-bond donors (Lipinski definition) is 0. The summed E-state index contributed by atoms with van der Waals surface area (Å²) in [5, 5.41) is 0. The third-order valence-electron chi connectivity index (χ3n) is 5.93. The van der Waals surface area contributed by atoms with E-state index in [1.807, 2.05) is 0 Å². The first-order chi connectivity index (χ1) is 17.4. The Morgan fingerprint density at radius 1 is 0.730 bits per heavy atom. The summed E-state index contributed by atoms with van der Waals surface area (Å²) in [5.41, 5.74) is -6.00. The van der Waals surface area contributed by atoms with Crippen molar-refractivity contribution in [1.29, 1.82) is 0 Å². The highest BCUT2D eigenvalue weighted by atomic mass is 19.3. The van der Waals surface area contributed by atoms with Gasteiger partial charge in [-0.05, 0) is 60.4 Å². The summed E-state index contributed by atoms with van der Waals surface area (Å²) in [5.74, 6) is -20.8. The molecule has 1 aliphatic rings. The smallest absolute Gasteiger partial charge is 0.346 e. The van der Waals surface area contributed by atoms with E-state index < -0.39 is 80.4 Å². The number of halogens is 8. The van der Waals surface area contributed by atoms with Crippen molar-refractivity contribution in [1.82, 2.24) is 0 Å². The molecule has 37 heavy (non-hydrogen) atoms. The molecule has 4 rings (SSSR count). The molecule has 3 aromatic carbocycles. The Morgan fingerprint density at radius 2 is 1.27 bits per heavy atom. The molecule has 0 bridgehead atoms. The Morgan fingerprint density at radius 3 is 1.81 bits per heavy atom. The number of esters is 1. The quantitative estimate of drug-likeness (QED) is 0.186. The van der Waals surface area contributed by atoms with E-state index >= 15 is 13.2 Å². The van der Waals surface area contributed by atoms with Crippen molar-refractivity contribution in [3.8, 4) is 22.6 Å². The minimum atomic E-state index is -5.29. The lowest BCUT2D eigenvalue weighted by atomic mass is 9.79. The average molecular weight is 530 g/mol. The number of benzene rings is 3. The van der Waals surface area contributed by atoms with Gasteiger partial charge in [-0.25, -0.2) is 22.4 Å². The molecule has 196 valence electrons. The maximum absolute atomic E-state index is 15.2. The number of fused-ring (bicyclic) bond motifs is 3. The second kappa shape index (κ2) is 9.35. The van der Waals surface area contributed by atoms with Gasteiger partial charge in [-0.15, -0.1) is 0 Å². The lowest BCUT2D eigenvalue weighted by Gasteiger charge is -2.35. The minimum Gasteiger partial charge on any atom is -0.491 e. The van der Waals surface area contributed by atoms with Gasteiger partial charge in [0.15, 0.2) is 34.8 Å². The highest BCUT2D eigenvalue weighted by molar-refractivity contribution is 5.91. The molecule has 11 heteroatoms. The van der Waals surface area contributed by atoms with E-state index in [0.29, 0.717) is 12.5 Å². The fraction of sp³-hybridized carbons (Fsp3) is 0.269. The molecule has 0 aromatic heterocycles. The maximum atomic E-state index is 15.2. The number of hydrogen-bond acceptors (Lipinski definition) is 3. The monoisotopic (exact) mass is 530 g/mol. The van der Waals surface area contributed by atoms with Gasteiger partial charge in [-0.3, -0.25) is 0 Å². The van der Waals surface area contributed by atoms with Crippen molar-refractivity contribution in [2.45, 2.75) is 38.5 Å². The van der Waals surface area contributed by atoms with Crippen LogP contribution in [0.4, 0.5) is 35.1 Å². The molecule has 0 atom stereocenters. The molecule has 3 aromatic rings. The van der Waals surface area contributed by atoms with Gasteiger partial charge in [0.25, 0.3) is 0 Å². The first kappa shape index (κ1) is 26.4. The normalized spacial score (nSPS) is 15.1. The Bertz CT molecular complexity index is 1400. The summed E-state index contributed by atoms with van der Waals surface area (Å²) < 4.78 is 128. The zero-order valence-corrected chi connectivity index (χ0v) is 19.3. The minimum absolute atomic E-state index is 0.0308. The molecule has 3 nitrogen and oxygen atoms in total. The first-order valence-electron chi connectivity index (χ1n) is 11.1. The number of rotatable bonds is 6. The topological polar surface area (TPSA) is 35.5 Å². The molecule has 0 N–H and O–H groups in total. The predicted molar refractivity (Wildman–Crippen MR) is 116 cm³/mol. The summed E-state index contributed by atoms with van der Waals surface area (Å²) in [6.45, 7) is 3.00. The van der Waals surface area contributed by atoms with Crippen LogP contribution in [0.15, 0.2) is 36.4 Å². The highest BCUT2D eigenvalue weighted by Gasteiger charge is 2.65. The fourth-order valence-corrected chi connectivity index (χ4v) is 4.20. The van der Waals surface area contributed by atoms with Crippen LogP contribution < -0.4 is 9.47 Å². The van der Waals surface area contributed by atoms with Crippen LogP contribution in [0.25, 0.3) is 11.1 Å². The zero-order chi connectivity index (χ0) is 27.3. The van der Waals surface area contributed by atoms with Crippen LogP contribution in [0.3, 0.4) is 0 Å². The molecule has 0 saturated heterocycles. The van der Waals surface area contributed by atoms with Crippen molar-refractivity contribution >= 4 is 5.97 Å². The summed E-state index contributed by atoms with van der Waals surface area (Å²) in [6.07, 6.45) is 0.633. The number of alkyl halides is 4. The summed E-state index contributed by atoms with van der Waals surface area (Å²) in [4.78, 5) is 12.4. The molecule has 0 unspecified atom stereocenters. The van der Waals surface area contributed by atoms with Gasteiger partial charge in [-0.2, -0.15) is 17.6 Å². The molecule has 0 spiro atoms. The molecule has 0 fully saturated rings. The van der Waals surface area contributed by atoms with Crippen molar-refractivity contribution in [2.24, 2.45) is 0 Å². The first-order valence-corrected chi connectivity index (χ1v) is 11.1. The van der Waals surface area contributed by atoms with Gasteiger partial charge in [0.05, 0.1) is 23.3 Å². The predicted octanol–water partition coefficient (Wildman–Crippen LogP) is 7.68.